The summed E-state index contributed by atoms with van der Waals surface area (Å²) in [5.41, 5.74) is 6.30. The molecule has 0 aromatic carbocycles. The van der Waals surface area contributed by atoms with Crippen LogP contribution < -0.4 is 15.8 Å². The highest BCUT2D eigenvalue weighted by molar-refractivity contribution is 5.53. The number of nitrogens with one attached hydrogen (secondary N) is 1. The maximum absolute atomic E-state index is 5.72. The van der Waals surface area contributed by atoms with E-state index in [9.17, 15) is 0 Å². The summed E-state index contributed by atoms with van der Waals surface area (Å²) in [6.07, 6.45) is 6.79. The molecule has 0 aliphatic heterocycles. The van der Waals surface area contributed by atoms with Gasteiger partial charge >= 0.3 is 0 Å². The maximum Gasteiger partial charge on any atom is 0.238 e. The molecule has 0 saturated heterocycles. The van der Waals surface area contributed by atoms with Crippen molar-refractivity contribution in [3.05, 3.63) is 12.1 Å². The highest BCUT2D eigenvalue weighted by atomic mass is 16.5. The number of aromatic nitrogens is 1. The zero-order valence-electron chi connectivity index (χ0n) is 10.4. The first-order valence-electron chi connectivity index (χ1n) is 6.34. The lowest BCUT2D eigenvalue weighted by Crippen LogP contribution is -2.17. The largest absolute Gasteiger partial charge is 0.479 e. The van der Waals surface area contributed by atoms with Gasteiger partial charge in [-0.2, -0.15) is 4.98 Å². The van der Waals surface area contributed by atoms with Crippen molar-refractivity contribution < 1.29 is 4.74 Å². The van der Waals surface area contributed by atoms with E-state index in [4.69, 9.17) is 10.5 Å². The number of rotatable bonds is 4. The van der Waals surface area contributed by atoms with Crippen LogP contribution in [0.4, 0.5) is 11.5 Å². The monoisotopic (exact) mass is 235 g/mol. The minimum absolute atomic E-state index is 0.499. The molecule has 1 fully saturated rings. The van der Waals surface area contributed by atoms with Gasteiger partial charge in [-0.1, -0.05) is 19.3 Å². The van der Waals surface area contributed by atoms with Crippen LogP contribution in [0.25, 0.3) is 0 Å². The van der Waals surface area contributed by atoms with Gasteiger partial charge in [0.05, 0.1) is 12.8 Å². The van der Waals surface area contributed by atoms with Gasteiger partial charge in [0.2, 0.25) is 5.88 Å². The van der Waals surface area contributed by atoms with Crippen LogP contribution >= 0.6 is 0 Å². The Bertz CT molecular complexity index is 362. The van der Waals surface area contributed by atoms with Gasteiger partial charge in [-0.3, -0.25) is 0 Å². The zero-order chi connectivity index (χ0) is 12.1. The Morgan fingerprint density at radius 1 is 1.35 bits per heavy atom. The Balaban J connectivity index is 1.89. The van der Waals surface area contributed by atoms with Crippen LogP contribution in [0.2, 0.25) is 0 Å². The topological polar surface area (TPSA) is 60.2 Å². The molecule has 1 aliphatic carbocycles. The van der Waals surface area contributed by atoms with Crippen LogP contribution in [0.1, 0.15) is 32.1 Å². The van der Waals surface area contributed by atoms with Crippen LogP contribution in [0.5, 0.6) is 5.88 Å². The van der Waals surface area contributed by atoms with Gasteiger partial charge in [0.15, 0.2) is 0 Å². The van der Waals surface area contributed by atoms with Crippen molar-refractivity contribution in [2.75, 3.05) is 24.7 Å². The van der Waals surface area contributed by atoms with Gasteiger partial charge < -0.3 is 15.8 Å². The van der Waals surface area contributed by atoms with Crippen LogP contribution in [-0.2, 0) is 0 Å². The Labute approximate surface area is 103 Å². The minimum Gasteiger partial charge on any atom is -0.479 e. The fourth-order valence-electron chi connectivity index (χ4n) is 2.35. The SMILES string of the molecule is COc1nc(NCC2CCCCC2)ccc1N. The number of ether oxygens (including phenoxy) is 1. The number of pyridine rings is 1. The summed E-state index contributed by atoms with van der Waals surface area (Å²) in [4.78, 5) is 4.32. The van der Waals surface area contributed by atoms with E-state index in [0.717, 1.165) is 18.3 Å². The average Bonchev–Trinajstić information content (AvgIpc) is 2.39. The van der Waals surface area contributed by atoms with E-state index >= 15 is 0 Å². The molecule has 0 bridgehead atoms. The van der Waals surface area contributed by atoms with Crippen LogP contribution in [0, 0.1) is 5.92 Å². The predicted octanol–water partition coefficient (Wildman–Crippen LogP) is 2.66. The molecular weight excluding hydrogens is 214 g/mol. The second kappa shape index (κ2) is 5.75. The van der Waals surface area contributed by atoms with Gasteiger partial charge in [-0.15, -0.1) is 0 Å². The van der Waals surface area contributed by atoms with Crippen LogP contribution in [-0.4, -0.2) is 18.6 Å². The summed E-state index contributed by atoms with van der Waals surface area (Å²) in [6, 6.07) is 3.73. The maximum atomic E-state index is 5.72. The quantitative estimate of drug-likeness (QED) is 0.842. The molecule has 3 N–H and O–H groups in total. The normalized spacial score (nSPS) is 16.8. The van der Waals surface area contributed by atoms with Gasteiger partial charge in [0.1, 0.15) is 5.82 Å². The molecule has 94 valence electrons. The van der Waals surface area contributed by atoms with Crippen molar-refractivity contribution in [2.45, 2.75) is 32.1 Å². The van der Waals surface area contributed by atoms with Crippen LogP contribution in [0.15, 0.2) is 12.1 Å². The van der Waals surface area contributed by atoms with E-state index in [0.29, 0.717) is 11.6 Å². The van der Waals surface area contributed by atoms with Crippen LogP contribution in [0.3, 0.4) is 0 Å². The summed E-state index contributed by atoms with van der Waals surface area (Å²) < 4.78 is 5.10. The molecule has 0 spiro atoms. The van der Waals surface area contributed by atoms with Gasteiger partial charge in [-0.25, -0.2) is 0 Å². The highest BCUT2D eigenvalue weighted by Crippen LogP contribution is 2.25. The summed E-state index contributed by atoms with van der Waals surface area (Å²) in [5, 5.41) is 3.37. The second-order valence-corrected chi connectivity index (χ2v) is 4.68. The van der Waals surface area contributed by atoms with E-state index in [1.54, 1.807) is 7.11 Å². The summed E-state index contributed by atoms with van der Waals surface area (Å²) in [5.74, 6) is 2.13. The molecule has 1 aromatic heterocycles. The molecule has 2 rings (SSSR count). The average molecular weight is 235 g/mol. The number of anilines is 2. The van der Waals surface area contributed by atoms with Crippen molar-refractivity contribution in [3.63, 3.8) is 0 Å². The minimum atomic E-state index is 0.499. The highest BCUT2D eigenvalue weighted by Gasteiger charge is 2.13. The van der Waals surface area contributed by atoms with E-state index in [1.807, 2.05) is 12.1 Å². The van der Waals surface area contributed by atoms with Crippen molar-refractivity contribution in [1.82, 2.24) is 4.98 Å². The van der Waals surface area contributed by atoms with E-state index in [-0.39, 0.29) is 0 Å². The number of methoxy groups -OCH3 is 1. The Morgan fingerprint density at radius 3 is 2.82 bits per heavy atom. The first kappa shape index (κ1) is 12.0. The van der Waals surface area contributed by atoms with Crippen molar-refractivity contribution in [3.8, 4) is 5.88 Å². The lowest BCUT2D eigenvalue weighted by Gasteiger charge is -2.22. The summed E-state index contributed by atoms with van der Waals surface area (Å²) >= 11 is 0. The Morgan fingerprint density at radius 2 is 2.12 bits per heavy atom. The van der Waals surface area contributed by atoms with Crippen molar-refractivity contribution in [1.29, 1.82) is 0 Å². The first-order chi connectivity index (χ1) is 8.29. The molecule has 17 heavy (non-hydrogen) atoms. The smallest absolute Gasteiger partial charge is 0.238 e. The van der Waals surface area contributed by atoms with Gasteiger partial charge in [0.25, 0.3) is 0 Å². The fourth-order valence-corrected chi connectivity index (χ4v) is 2.35. The molecule has 4 nitrogen and oxygen atoms in total. The Kier molecular flexibility index (Phi) is 4.07. The molecule has 0 unspecified atom stereocenters. The third-order valence-electron chi connectivity index (χ3n) is 3.38. The third-order valence-corrected chi connectivity index (χ3v) is 3.38. The molecule has 0 amide bonds. The van der Waals surface area contributed by atoms with E-state index < -0.39 is 0 Å². The van der Waals surface area contributed by atoms with Crippen molar-refractivity contribution in [2.24, 2.45) is 5.92 Å². The first-order valence-corrected chi connectivity index (χ1v) is 6.34. The number of hydrogen-bond acceptors (Lipinski definition) is 4. The molecule has 0 radical (unpaired) electrons. The van der Waals surface area contributed by atoms with E-state index in [2.05, 4.69) is 10.3 Å². The second-order valence-electron chi connectivity index (χ2n) is 4.68. The molecular formula is C13H21N3O. The lowest BCUT2D eigenvalue weighted by molar-refractivity contribution is 0.372. The molecule has 4 heteroatoms. The molecule has 1 heterocycles. The van der Waals surface area contributed by atoms with E-state index in [1.165, 1.54) is 32.1 Å². The number of hydrogen-bond donors (Lipinski definition) is 2. The molecule has 1 aromatic rings. The van der Waals surface area contributed by atoms with Crippen molar-refractivity contribution >= 4 is 11.5 Å². The molecule has 0 atom stereocenters. The summed E-state index contributed by atoms with van der Waals surface area (Å²) in [6.45, 7) is 1.00. The molecule has 1 aliphatic rings. The van der Waals surface area contributed by atoms with Gasteiger partial charge in [-0.05, 0) is 30.9 Å². The number of nitrogens with two attached hydrogens (primary N) is 1. The summed E-state index contributed by atoms with van der Waals surface area (Å²) in [7, 11) is 1.59. The lowest BCUT2D eigenvalue weighted by atomic mass is 9.89. The number of nitrogens with zero attached hydrogens (tertiary/aromatic N) is 1. The third kappa shape index (κ3) is 3.25. The van der Waals surface area contributed by atoms with Gasteiger partial charge in [0, 0.05) is 6.54 Å². The Hall–Kier alpha value is -1.45. The standard InChI is InChI=1S/C13H21N3O/c1-17-13-11(14)7-8-12(16-13)15-9-10-5-3-2-4-6-10/h7-8,10H,2-6,9,14H2,1H3,(H,15,16). The fraction of sp³-hybridized carbons (Fsp3) is 0.615. The predicted molar refractivity (Wildman–Crippen MR) is 70.3 cm³/mol. The zero-order valence-corrected chi connectivity index (χ0v) is 10.4. The number of nitrogen functional groups attached to an aromatic ring is 1. The molecule has 1 saturated carbocycles.